The highest BCUT2D eigenvalue weighted by Gasteiger charge is 2.42. The van der Waals surface area contributed by atoms with Gasteiger partial charge in [0.15, 0.2) is 17.0 Å². The van der Waals surface area contributed by atoms with Gasteiger partial charge in [0.1, 0.15) is 17.7 Å². The Kier molecular flexibility index (Phi) is 3.25. The van der Waals surface area contributed by atoms with Gasteiger partial charge in [-0.25, -0.2) is 4.98 Å². The van der Waals surface area contributed by atoms with Crippen LogP contribution in [0, 0.1) is 0 Å². The minimum atomic E-state index is -1.06. The summed E-state index contributed by atoms with van der Waals surface area (Å²) in [6.45, 7) is 1.69. The molecule has 20 heavy (non-hydrogen) atoms. The predicted molar refractivity (Wildman–Crippen MR) is 71.5 cm³/mol. The Morgan fingerprint density at radius 3 is 2.70 bits per heavy atom. The van der Waals surface area contributed by atoms with Crippen molar-refractivity contribution in [2.24, 2.45) is 0 Å². The minimum absolute atomic E-state index is 0.208. The highest BCUT2D eigenvalue weighted by molar-refractivity contribution is 6.33. The van der Waals surface area contributed by atoms with Gasteiger partial charge in [0.05, 0.1) is 12.4 Å². The molecule has 3 heterocycles. The summed E-state index contributed by atoms with van der Waals surface area (Å²) in [6.07, 6.45) is -1.80. The lowest BCUT2D eigenvalue weighted by atomic mass is 10.1. The highest BCUT2D eigenvalue weighted by atomic mass is 35.5. The van der Waals surface area contributed by atoms with Gasteiger partial charge < -0.3 is 20.3 Å². The molecule has 0 spiro atoms. The van der Waals surface area contributed by atoms with Crippen LogP contribution in [0.5, 0.6) is 0 Å². The number of aliphatic hydroxyl groups excluding tert-OH is 2. The van der Waals surface area contributed by atoms with E-state index in [0.717, 1.165) is 0 Å². The fraction of sp³-hybridized carbons (Fsp3) is 0.545. The van der Waals surface area contributed by atoms with Crippen LogP contribution in [0.4, 0.5) is 5.95 Å². The van der Waals surface area contributed by atoms with Crippen molar-refractivity contribution in [1.29, 1.82) is 0 Å². The molecule has 0 radical (unpaired) electrons. The maximum atomic E-state index is 10.0. The van der Waals surface area contributed by atoms with Gasteiger partial charge in [0.25, 0.3) is 0 Å². The second kappa shape index (κ2) is 4.81. The molecule has 1 unspecified atom stereocenters. The van der Waals surface area contributed by atoms with Gasteiger partial charge in [-0.3, -0.25) is 4.57 Å². The number of ether oxygens (including phenoxy) is 1. The van der Waals surface area contributed by atoms with Crippen LogP contribution in [0.15, 0.2) is 6.33 Å². The number of nitrogens with one attached hydrogen (secondary N) is 1. The molecule has 1 aliphatic rings. The normalized spacial score (nSPS) is 30.1. The fourth-order valence-corrected chi connectivity index (χ4v) is 2.45. The third kappa shape index (κ3) is 1.92. The molecule has 108 valence electrons. The van der Waals surface area contributed by atoms with E-state index in [4.69, 9.17) is 16.3 Å². The molecule has 0 bridgehead atoms. The second-order valence-electron chi connectivity index (χ2n) is 4.63. The van der Waals surface area contributed by atoms with E-state index in [1.807, 2.05) is 0 Å². The average molecular weight is 300 g/mol. The lowest BCUT2D eigenvalue weighted by Gasteiger charge is -2.16. The summed E-state index contributed by atoms with van der Waals surface area (Å²) in [5.74, 6) is 0.338. The summed E-state index contributed by atoms with van der Waals surface area (Å²) in [4.78, 5) is 12.4. The van der Waals surface area contributed by atoms with Crippen molar-refractivity contribution >= 4 is 28.7 Å². The van der Waals surface area contributed by atoms with Crippen LogP contribution in [-0.4, -0.2) is 55.1 Å². The number of halogens is 1. The number of rotatable bonds is 2. The van der Waals surface area contributed by atoms with E-state index in [1.165, 1.54) is 6.33 Å². The lowest BCUT2D eigenvalue weighted by molar-refractivity contribution is -0.0299. The van der Waals surface area contributed by atoms with Gasteiger partial charge in [-0.15, -0.1) is 0 Å². The maximum absolute atomic E-state index is 10.0. The van der Waals surface area contributed by atoms with E-state index < -0.39 is 24.5 Å². The number of aliphatic hydroxyl groups is 2. The van der Waals surface area contributed by atoms with Crippen molar-refractivity contribution < 1.29 is 14.9 Å². The zero-order valence-corrected chi connectivity index (χ0v) is 11.6. The fourth-order valence-electron chi connectivity index (χ4n) is 2.24. The molecule has 9 heteroatoms. The molecule has 8 nitrogen and oxygen atoms in total. The van der Waals surface area contributed by atoms with Crippen molar-refractivity contribution in [3.8, 4) is 0 Å². The molecule has 2 aromatic rings. The average Bonchev–Trinajstić information content (AvgIpc) is 2.96. The van der Waals surface area contributed by atoms with Crippen LogP contribution < -0.4 is 5.32 Å². The predicted octanol–water partition coefficient (Wildman–Crippen LogP) is 0.160. The zero-order valence-electron chi connectivity index (χ0n) is 10.9. The summed E-state index contributed by atoms with van der Waals surface area (Å²) < 4.78 is 7.09. The summed E-state index contributed by atoms with van der Waals surface area (Å²) in [5, 5.41) is 22.8. The first-order valence-corrected chi connectivity index (χ1v) is 6.50. The maximum Gasteiger partial charge on any atom is 0.225 e. The van der Waals surface area contributed by atoms with Crippen molar-refractivity contribution in [1.82, 2.24) is 19.5 Å². The minimum Gasteiger partial charge on any atom is -0.388 e. The van der Waals surface area contributed by atoms with Gasteiger partial charge in [-0.1, -0.05) is 11.6 Å². The Morgan fingerprint density at radius 1 is 1.35 bits per heavy atom. The molecule has 0 aliphatic carbocycles. The first-order valence-electron chi connectivity index (χ1n) is 6.12. The van der Waals surface area contributed by atoms with Crippen molar-refractivity contribution in [2.75, 3.05) is 12.4 Å². The number of imidazole rings is 1. The SMILES string of the molecule is CNc1nc(Cl)c2ncn(C3O[C@H](C)[C@@H](O)[C@H]3O)c2n1. The number of anilines is 1. The van der Waals surface area contributed by atoms with E-state index in [2.05, 4.69) is 20.3 Å². The molecule has 1 saturated heterocycles. The van der Waals surface area contributed by atoms with Gasteiger partial charge in [-0.2, -0.15) is 9.97 Å². The van der Waals surface area contributed by atoms with Crippen LogP contribution in [0.2, 0.25) is 5.15 Å². The first kappa shape index (κ1) is 13.5. The number of hydrogen-bond donors (Lipinski definition) is 3. The van der Waals surface area contributed by atoms with Crippen molar-refractivity contribution in [2.45, 2.75) is 31.5 Å². The largest absolute Gasteiger partial charge is 0.388 e. The van der Waals surface area contributed by atoms with Crippen LogP contribution in [0.3, 0.4) is 0 Å². The van der Waals surface area contributed by atoms with Crippen molar-refractivity contribution in [3.05, 3.63) is 11.5 Å². The van der Waals surface area contributed by atoms with Crippen LogP contribution in [-0.2, 0) is 4.74 Å². The lowest BCUT2D eigenvalue weighted by Crippen LogP contribution is -2.30. The molecular formula is C11H14ClN5O3. The zero-order chi connectivity index (χ0) is 14.4. The van der Waals surface area contributed by atoms with E-state index in [-0.39, 0.29) is 5.15 Å². The van der Waals surface area contributed by atoms with E-state index in [9.17, 15) is 10.2 Å². The Bertz CT molecular complexity index is 648. The smallest absolute Gasteiger partial charge is 0.225 e. The van der Waals surface area contributed by atoms with Crippen molar-refractivity contribution in [3.63, 3.8) is 0 Å². The van der Waals surface area contributed by atoms with E-state index >= 15 is 0 Å². The molecule has 1 aliphatic heterocycles. The standard InChI is InChI=1S/C11H14ClN5O3/c1-4-6(18)7(19)10(20-4)17-3-14-5-8(12)15-11(13-2)16-9(5)17/h3-4,6-7,10,18-19H,1-2H3,(H,13,15,16)/t4-,6-,7-,10?/m1/s1. The first-order chi connectivity index (χ1) is 9.52. The topological polar surface area (TPSA) is 105 Å². The summed E-state index contributed by atoms with van der Waals surface area (Å²) >= 11 is 6.04. The van der Waals surface area contributed by atoms with Crippen LogP contribution >= 0.6 is 11.6 Å². The molecule has 4 atom stereocenters. The summed E-state index contributed by atoms with van der Waals surface area (Å²) in [7, 11) is 1.67. The Hall–Kier alpha value is -1.48. The van der Waals surface area contributed by atoms with Crippen LogP contribution in [0.25, 0.3) is 11.2 Å². The molecule has 3 rings (SSSR count). The van der Waals surface area contributed by atoms with Crippen LogP contribution in [0.1, 0.15) is 13.2 Å². The van der Waals surface area contributed by atoms with E-state index in [0.29, 0.717) is 17.1 Å². The third-order valence-corrected chi connectivity index (χ3v) is 3.62. The van der Waals surface area contributed by atoms with E-state index in [1.54, 1.807) is 18.5 Å². The summed E-state index contributed by atoms with van der Waals surface area (Å²) in [5.41, 5.74) is 0.843. The second-order valence-corrected chi connectivity index (χ2v) is 4.98. The monoisotopic (exact) mass is 299 g/mol. The Labute approximate surface area is 119 Å². The van der Waals surface area contributed by atoms with Gasteiger partial charge in [-0.05, 0) is 6.92 Å². The number of hydrogen-bond acceptors (Lipinski definition) is 7. The van der Waals surface area contributed by atoms with Gasteiger partial charge in [0.2, 0.25) is 5.95 Å². The number of aromatic nitrogens is 4. The molecule has 0 saturated carbocycles. The molecular weight excluding hydrogens is 286 g/mol. The molecule has 1 fully saturated rings. The number of nitrogens with zero attached hydrogens (tertiary/aromatic N) is 4. The Balaban J connectivity index is 2.11. The van der Waals surface area contributed by atoms with Gasteiger partial charge >= 0.3 is 0 Å². The third-order valence-electron chi connectivity index (χ3n) is 3.35. The van der Waals surface area contributed by atoms with Gasteiger partial charge in [0, 0.05) is 7.05 Å². The molecule has 2 aromatic heterocycles. The highest BCUT2D eigenvalue weighted by Crippen LogP contribution is 2.32. The number of fused-ring (bicyclic) bond motifs is 1. The molecule has 0 aromatic carbocycles. The summed E-state index contributed by atoms with van der Waals surface area (Å²) in [6, 6.07) is 0. The quantitative estimate of drug-likeness (QED) is 0.678. The molecule has 0 amide bonds. The Morgan fingerprint density at radius 2 is 2.10 bits per heavy atom. The molecule has 3 N–H and O–H groups in total.